The SMILES string of the molecule is [BiH3].[Er].[O]=[W]. The first-order valence-corrected chi connectivity index (χ1v) is 1.36. The van der Waals surface area contributed by atoms with Gasteiger partial charge in [-0.05, 0) is 0 Å². The molecule has 0 N–H and O–H groups in total. The van der Waals surface area contributed by atoms with Crippen molar-refractivity contribution in [1.82, 2.24) is 0 Å². The normalized spacial score (nSPS) is 1.00. The zero-order valence-electron chi connectivity index (χ0n) is 1.81. The van der Waals surface area contributed by atoms with Crippen molar-refractivity contribution >= 4 is 26.2 Å². The minimum absolute atomic E-state index is 0. The second-order valence-corrected chi connectivity index (χ2v) is 0. The molecule has 4 heteroatoms. The second kappa shape index (κ2) is 17.5. The molecule has 0 unspecified atom stereocenters. The Bertz CT molecular complexity index is 8.00. The molecule has 0 saturated carbocycles. The fraction of sp³-hybridized carbons (Fsp3) is 0. The zero-order chi connectivity index (χ0) is 2.00. The summed E-state index contributed by atoms with van der Waals surface area (Å²) in [6.07, 6.45) is 0. The molecule has 0 aromatic rings. The van der Waals surface area contributed by atoms with Gasteiger partial charge in [-0.1, -0.05) is 0 Å². The quantitative estimate of drug-likeness (QED) is 0.327. The van der Waals surface area contributed by atoms with Crippen LogP contribution in [0.4, 0.5) is 0 Å². The number of hydrogen-bond acceptors (Lipinski definition) is 1. The Morgan fingerprint density at radius 3 is 1.25 bits per heavy atom. The van der Waals surface area contributed by atoms with E-state index < -0.39 is 0 Å². The van der Waals surface area contributed by atoms with Crippen molar-refractivity contribution in [2.24, 2.45) is 0 Å². The van der Waals surface area contributed by atoms with Crippen LogP contribution in [0.5, 0.6) is 0 Å². The molecule has 0 aliphatic carbocycles. The molecule has 0 aromatic carbocycles. The van der Waals surface area contributed by atoms with E-state index >= 15 is 0 Å². The van der Waals surface area contributed by atoms with Gasteiger partial charge >= 0.3 is 49.4 Å². The molecule has 0 aliphatic heterocycles. The third kappa shape index (κ3) is 8.82. The van der Waals surface area contributed by atoms with Crippen molar-refractivity contribution in [1.29, 1.82) is 0 Å². The molecule has 0 aliphatic rings. The van der Waals surface area contributed by atoms with Crippen LogP contribution in [0.15, 0.2) is 0 Å². The molecule has 0 radical (unpaired) electrons. The Kier molecular flexibility index (Phi) is 69.7. The molecule has 0 saturated heterocycles. The third-order valence-corrected chi connectivity index (χ3v) is 0. The molecule has 0 heterocycles. The van der Waals surface area contributed by atoms with Crippen LogP contribution in [0, 0.1) is 37.3 Å². The van der Waals surface area contributed by atoms with Gasteiger partial charge in [0.2, 0.25) is 0 Å². The molecule has 1 nitrogen and oxygen atoms in total. The average Bonchev–Trinajstić information content (AvgIpc) is 1.00. The molecule has 4 heavy (non-hydrogen) atoms. The van der Waals surface area contributed by atoms with Crippen LogP contribution >= 0.6 is 0 Å². The van der Waals surface area contributed by atoms with Crippen molar-refractivity contribution < 1.29 is 60.5 Å². The van der Waals surface area contributed by atoms with Gasteiger partial charge in [0.05, 0.1) is 0 Å². The molecular weight excluding hydrogens is 576 g/mol. The summed E-state index contributed by atoms with van der Waals surface area (Å²) >= 11 is 0.333. The van der Waals surface area contributed by atoms with Gasteiger partial charge in [-0.25, -0.2) is 0 Å². The van der Waals surface area contributed by atoms with E-state index in [2.05, 4.69) is 0 Å². The van der Waals surface area contributed by atoms with Gasteiger partial charge in [0.25, 0.3) is 0 Å². The van der Waals surface area contributed by atoms with Crippen LogP contribution < -0.4 is 0 Å². The van der Waals surface area contributed by atoms with Crippen molar-refractivity contribution in [2.75, 3.05) is 0 Å². The van der Waals surface area contributed by atoms with Gasteiger partial charge in [0.15, 0.2) is 0 Å². The Morgan fingerprint density at radius 2 is 1.25 bits per heavy atom. The van der Waals surface area contributed by atoms with Crippen LogP contribution in [-0.2, 0) is 23.2 Å². The summed E-state index contributed by atoms with van der Waals surface area (Å²) in [5, 5.41) is 0. The average molecular weight is 579 g/mol. The predicted molar refractivity (Wildman–Crippen MR) is 10.6 cm³/mol. The fourth-order valence-electron chi connectivity index (χ4n) is 0. The topological polar surface area (TPSA) is 17.1 Å². The van der Waals surface area contributed by atoms with E-state index in [1.54, 1.807) is 0 Å². The van der Waals surface area contributed by atoms with Gasteiger partial charge in [0, 0.05) is 37.3 Å². The summed E-state index contributed by atoms with van der Waals surface area (Å²) in [6.45, 7) is 0. The van der Waals surface area contributed by atoms with E-state index in [-0.39, 0.29) is 63.5 Å². The molecule has 0 fully saturated rings. The molecule has 0 rings (SSSR count). The van der Waals surface area contributed by atoms with Gasteiger partial charge < -0.3 is 0 Å². The molecular formula is H3BiErOW. The Hall–Kier alpha value is 2.62. The van der Waals surface area contributed by atoms with Gasteiger partial charge in [0.1, 0.15) is 0 Å². The van der Waals surface area contributed by atoms with Gasteiger partial charge in [-0.15, -0.1) is 0 Å². The summed E-state index contributed by atoms with van der Waals surface area (Å²) in [5.74, 6) is 0. The molecule has 0 amide bonds. The van der Waals surface area contributed by atoms with Crippen LogP contribution in [0.1, 0.15) is 0 Å². The van der Waals surface area contributed by atoms with Crippen molar-refractivity contribution in [2.45, 2.75) is 0 Å². The molecule has 0 spiro atoms. The Labute approximate surface area is 84.8 Å². The monoisotopic (exact) mass is 578 g/mol. The van der Waals surface area contributed by atoms with Crippen LogP contribution in [0.2, 0.25) is 0 Å². The second-order valence-electron chi connectivity index (χ2n) is 0. The van der Waals surface area contributed by atoms with Crippen molar-refractivity contribution in [3.05, 3.63) is 0 Å². The number of rotatable bonds is 0. The molecule has 0 bridgehead atoms. The third-order valence-electron chi connectivity index (χ3n) is 0. The number of hydrogen-bond donors (Lipinski definition) is 0. The fourth-order valence-corrected chi connectivity index (χ4v) is 0. The zero-order valence-corrected chi connectivity index (χ0v) is 12.1. The van der Waals surface area contributed by atoms with Crippen molar-refractivity contribution in [3.63, 3.8) is 0 Å². The van der Waals surface area contributed by atoms with E-state index in [0.29, 0.717) is 19.8 Å². The van der Waals surface area contributed by atoms with E-state index in [4.69, 9.17) is 3.40 Å². The van der Waals surface area contributed by atoms with Crippen LogP contribution in [0.3, 0.4) is 0 Å². The Balaban J connectivity index is -0.00000000500. The van der Waals surface area contributed by atoms with E-state index in [1.807, 2.05) is 0 Å². The van der Waals surface area contributed by atoms with Gasteiger partial charge in [-0.3, -0.25) is 0 Å². The standard InChI is InChI=1S/Bi.Er.O.W.3H. The summed E-state index contributed by atoms with van der Waals surface area (Å²) in [6, 6.07) is 0. The summed E-state index contributed by atoms with van der Waals surface area (Å²) in [5.41, 5.74) is 0. The predicted octanol–water partition coefficient (Wildman–Crippen LogP) is -1.31. The van der Waals surface area contributed by atoms with Crippen LogP contribution in [0.25, 0.3) is 0 Å². The maximum atomic E-state index is 8.33. The molecule has 32 valence electrons. The first-order valence-electron chi connectivity index (χ1n) is 0.167. The maximum absolute atomic E-state index is 8.33. The molecule has 0 atom stereocenters. The van der Waals surface area contributed by atoms with E-state index in [1.165, 1.54) is 0 Å². The summed E-state index contributed by atoms with van der Waals surface area (Å²) in [4.78, 5) is 0. The Morgan fingerprint density at radius 1 is 1.25 bits per heavy atom. The van der Waals surface area contributed by atoms with Crippen LogP contribution in [-0.4, -0.2) is 26.2 Å². The van der Waals surface area contributed by atoms with E-state index in [9.17, 15) is 0 Å². The molecule has 0 aromatic heterocycles. The van der Waals surface area contributed by atoms with Crippen molar-refractivity contribution in [3.8, 4) is 0 Å². The summed E-state index contributed by atoms with van der Waals surface area (Å²) < 4.78 is 8.33. The minimum atomic E-state index is 0. The summed E-state index contributed by atoms with van der Waals surface area (Å²) in [7, 11) is 0. The first kappa shape index (κ1) is 16.0. The van der Waals surface area contributed by atoms with E-state index in [0.717, 1.165) is 0 Å². The first-order chi connectivity index (χ1) is 1.00. The van der Waals surface area contributed by atoms with Gasteiger partial charge in [-0.2, -0.15) is 0 Å².